The second kappa shape index (κ2) is 4.94. The molecule has 0 saturated carbocycles. The summed E-state index contributed by atoms with van der Waals surface area (Å²) in [5.74, 6) is -0.307. The van der Waals surface area contributed by atoms with E-state index in [-0.39, 0.29) is 5.82 Å². The molecule has 2 N–H and O–H groups in total. The van der Waals surface area contributed by atoms with Gasteiger partial charge < -0.3 is 15.0 Å². The first kappa shape index (κ1) is 13.7. The van der Waals surface area contributed by atoms with Gasteiger partial charge in [-0.3, -0.25) is 4.79 Å². The van der Waals surface area contributed by atoms with Crippen LogP contribution in [-0.4, -0.2) is 28.0 Å². The number of carbonyl (C=O) groups excluding carboxylic acids is 1. The van der Waals surface area contributed by atoms with Crippen molar-refractivity contribution in [2.45, 2.75) is 19.4 Å². The molecule has 1 aromatic heterocycles. The van der Waals surface area contributed by atoms with Gasteiger partial charge in [0.2, 0.25) is 5.82 Å². The van der Waals surface area contributed by atoms with E-state index < -0.39 is 18.6 Å². The number of hydrogen-bond donors (Lipinski definition) is 2. The van der Waals surface area contributed by atoms with Crippen molar-refractivity contribution >= 4 is 24.2 Å². The average molecular weight is 283 g/mol. The molecule has 0 spiro atoms. The maximum atomic E-state index is 12.0. The molecule has 21 heavy (non-hydrogen) atoms. The molecule has 0 atom stereocenters. The summed E-state index contributed by atoms with van der Waals surface area (Å²) in [6, 6.07) is 6.95. The van der Waals surface area contributed by atoms with Gasteiger partial charge in [-0.05, 0) is 43.1 Å². The maximum absolute atomic E-state index is 12.0. The Hall–Kier alpha value is -2.25. The molecular formula is C14H14BN3O3. The molecule has 0 unspecified atom stereocenters. The molecule has 1 aromatic carbocycles. The predicted molar refractivity (Wildman–Crippen MR) is 78.1 cm³/mol. The van der Waals surface area contributed by atoms with Crippen molar-refractivity contribution in [2.24, 2.45) is 0 Å². The fraction of sp³-hybridized carbons (Fsp3) is 0.214. The van der Waals surface area contributed by atoms with Gasteiger partial charge in [-0.1, -0.05) is 6.07 Å². The summed E-state index contributed by atoms with van der Waals surface area (Å²) in [4.78, 5) is 19.8. The minimum absolute atomic E-state index is 0.0927. The molecule has 7 heteroatoms. The highest BCUT2D eigenvalue weighted by Crippen LogP contribution is 2.30. The van der Waals surface area contributed by atoms with Gasteiger partial charge in [0.15, 0.2) is 0 Å². The van der Waals surface area contributed by atoms with Crippen LogP contribution >= 0.6 is 0 Å². The van der Waals surface area contributed by atoms with Gasteiger partial charge in [0.1, 0.15) is 0 Å². The number of nitrogens with zero attached hydrogens (tertiary/aromatic N) is 2. The molecular weight excluding hydrogens is 269 g/mol. The Kier molecular flexibility index (Phi) is 3.23. The molecule has 0 bridgehead atoms. The summed E-state index contributed by atoms with van der Waals surface area (Å²) in [5, 5.41) is 12.6. The Morgan fingerprint density at radius 2 is 2.05 bits per heavy atom. The third-order valence-corrected chi connectivity index (χ3v) is 3.40. The number of nitrogens with one attached hydrogen (secondary N) is 1. The fourth-order valence-electron chi connectivity index (χ4n) is 2.40. The Bertz CT molecular complexity index is 691. The van der Waals surface area contributed by atoms with Gasteiger partial charge >= 0.3 is 7.12 Å². The zero-order valence-corrected chi connectivity index (χ0v) is 11.7. The summed E-state index contributed by atoms with van der Waals surface area (Å²) in [5.41, 5.74) is 1.59. The van der Waals surface area contributed by atoms with E-state index in [1.54, 1.807) is 18.2 Å². The molecule has 0 radical (unpaired) electrons. The van der Waals surface area contributed by atoms with Crippen molar-refractivity contribution in [3.63, 3.8) is 0 Å². The van der Waals surface area contributed by atoms with Crippen LogP contribution in [0.5, 0.6) is 0 Å². The molecule has 0 fully saturated rings. The number of hydrogen-bond acceptors (Lipinski definition) is 5. The zero-order chi connectivity index (χ0) is 15.0. The number of rotatable bonds is 2. The lowest BCUT2D eigenvalue weighted by molar-refractivity contribution is 0.100. The average Bonchev–Trinajstić information content (AvgIpc) is 2.69. The van der Waals surface area contributed by atoms with Crippen LogP contribution in [0.1, 0.15) is 30.0 Å². The SMILES string of the molecule is CC1(C)OB(O)c2cc(NC(=O)c3ncccn3)ccc21. The predicted octanol–water partition coefficient (Wildman–Crippen LogP) is 0.682. The maximum Gasteiger partial charge on any atom is 0.492 e. The summed E-state index contributed by atoms with van der Waals surface area (Å²) in [6.07, 6.45) is 3.01. The molecule has 0 saturated heterocycles. The first-order valence-electron chi connectivity index (χ1n) is 6.56. The molecule has 0 aliphatic carbocycles. The summed E-state index contributed by atoms with van der Waals surface area (Å²) in [7, 11) is -0.986. The molecule has 106 valence electrons. The number of aromatic nitrogens is 2. The van der Waals surface area contributed by atoms with Crippen LogP contribution < -0.4 is 10.8 Å². The van der Waals surface area contributed by atoms with E-state index in [0.717, 1.165) is 5.56 Å². The van der Waals surface area contributed by atoms with Gasteiger partial charge in [-0.15, -0.1) is 0 Å². The summed E-state index contributed by atoms with van der Waals surface area (Å²) in [6.45, 7) is 3.77. The second-order valence-corrected chi connectivity index (χ2v) is 5.31. The van der Waals surface area contributed by atoms with Gasteiger partial charge in [-0.25, -0.2) is 9.97 Å². The number of carbonyl (C=O) groups is 1. The van der Waals surface area contributed by atoms with Crippen LogP contribution in [0.3, 0.4) is 0 Å². The molecule has 1 aliphatic heterocycles. The molecule has 3 rings (SSSR count). The first-order valence-corrected chi connectivity index (χ1v) is 6.56. The highest BCUT2D eigenvalue weighted by atomic mass is 16.5. The number of anilines is 1. The monoisotopic (exact) mass is 283 g/mol. The smallest absolute Gasteiger partial charge is 0.423 e. The van der Waals surface area contributed by atoms with E-state index in [9.17, 15) is 9.82 Å². The van der Waals surface area contributed by atoms with Crippen LogP contribution in [0.15, 0.2) is 36.7 Å². The van der Waals surface area contributed by atoms with Crippen molar-refractivity contribution < 1.29 is 14.5 Å². The van der Waals surface area contributed by atoms with Crippen LogP contribution in [-0.2, 0) is 10.3 Å². The first-order chi connectivity index (χ1) is 9.97. The molecule has 2 heterocycles. The number of fused-ring (bicyclic) bond motifs is 1. The van der Waals surface area contributed by atoms with Crippen LogP contribution in [0.2, 0.25) is 0 Å². The highest BCUT2D eigenvalue weighted by Gasteiger charge is 2.40. The molecule has 1 amide bonds. The quantitative estimate of drug-likeness (QED) is 0.792. The fourth-order valence-corrected chi connectivity index (χ4v) is 2.40. The topological polar surface area (TPSA) is 84.3 Å². The Labute approximate surface area is 122 Å². The minimum atomic E-state index is -0.986. The van der Waals surface area contributed by atoms with Crippen molar-refractivity contribution in [1.82, 2.24) is 9.97 Å². The van der Waals surface area contributed by atoms with Gasteiger partial charge in [0, 0.05) is 18.1 Å². The van der Waals surface area contributed by atoms with Crippen LogP contribution in [0.4, 0.5) is 5.69 Å². The van der Waals surface area contributed by atoms with Crippen molar-refractivity contribution in [3.05, 3.63) is 48.0 Å². The van der Waals surface area contributed by atoms with E-state index in [4.69, 9.17) is 4.65 Å². The standard InChI is InChI=1S/C14H14BN3O3/c1-14(2)10-5-4-9(8-11(10)15(20)21-14)18-13(19)12-16-6-3-7-17-12/h3-8,20H,1-2H3,(H,18,19). The van der Waals surface area contributed by atoms with E-state index in [2.05, 4.69) is 15.3 Å². The van der Waals surface area contributed by atoms with Crippen LogP contribution in [0.25, 0.3) is 0 Å². The van der Waals surface area contributed by atoms with E-state index >= 15 is 0 Å². The Balaban J connectivity index is 1.86. The lowest BCUT2D eigenvalue weighted by atomic mass is 9.78. The van der Waals surface area contributed by atoms with Crippen molar-refractivity contribution in [1.29, 1.82) is 0 Å². The van der Waals surface area contributed by atoms with Crippen molar-refractivity contribution in [2.75, 3.05) is 5.32 Å². The Morgan fingerprint density at radius 1 is 1.33 bits per heavy atom. The minimum Gasteiger partial charge on any atom is -0.423 e. The zero-order valence-electron chi connectivity index (χ0n) is 11.7. The Morgan fingerprint density at radius 3 is 2.76 bits per heavy atom. The highest BCUT2D eigenvalue weighted by molar-refractivity contribution is 6.62. The molecule has 1 aliphatic rings. The van der Waals surface area contributed by atoms with Gasteiger partial charge in [-0.2, -0.15) is 0 Å². The normalized spacial score (nSPS) is 15.7. The van der Waals surface area contributed by atoms with Crippen molar-refractivity contribution in [3.8, 4) is 0 Å². The van der Waals surface area contributed by atoms with Gasteiger partial charge in [0.05, 0.1) is 5.60 Å². The molecule has 2 aromatic rings. The van der Waals surface area contributed by atoms with E-state index in [1.807, 2.05) is 19.9 Å². The van der Waals surface area contributed by atoms with Gasteiger partial charge in [0.25, 0.3) is 5.91 Å². The second-order valence-electron chi connectivity index (χ2n) is 5.31. The lowest BCUT2D eigenvalue weighted by Gasteiger charge is -2.19. The summed E-state index contributed by atoms with van der Waals surface area (Å²) >= 11 is 0. The third kappa shape index (κ3) is 2.53. The lowest BCUT2D eigenvalue weighted by Crippen LogP contribution is -2.29. The number of benzene rings is 1. The number of amides is 1. The summed E-state index contributed by atoms with van der Waals surface area (Å²) < 4.78 is 5.48. The largest absolute Gasteiger partial charge is 0.492 e. The van der Waals surface area contributed by atoms with Crippen LogP contribution in [0, 0.1) is 0 Å². The third-order valence-electron chi connectivity index (χ3n) is 3.40. The van der Waals surface area contributed by atoms with E-state index in [0.29, 0.717) is 11.2 Å². The molecule has 6 nitrogen and oxygen atoms in total. The van der Waals surface area contributed by atoms with E-state index in [1.165, 1.54) is 12.4 Å².